The third-order valence-electron chi connectivity index (χ3n) is 2.29. The molecular formula is C10H15ClN4O2. The Morgan fingerprint density at radius 1 is 1.71 bits per heavy atom. The second-order valence-electron chi connectivity index (χ2n) is 3.64. The molecule has 0 saturated heterocycles. The summed E-state index contributed by atoms with van der Waals surface area (Å²) in [6.07, 6.45) is 3.14. The van der Waals surface area contributed by atoms with E-state index in [-0.39, 0.29) is 22.6 Å². The number of rotatable bonds is 6. The summed E-state index contributed by atoms with van der Waals surface area (Å²) >= 11 is 5.67. The number of hydrogen-bond acceptors (Lipinski definition) is 5. The fraction of sp³-hybridized carbons (Fsp3) is 0.500. The monoisotopic (exact) mass is 258 g/mol. The summed E-state index contributed by atoms with van der Waals surface area (Å²) in [5.41, 5.74) is 5.44. The van der Waals surface area contributed by atoms with Crippen LogP contribution < -0.4 is 11.1 Å². The highest BCUT2D eigenvalue weighted by Gasteiger charge is 2.18. The van der Waals surface area contributed by atoms with Gasteiger partial charge in [-0.3, -0.25) is 10.1 Å². The van der Waals surface area contributed by atoms with Gasteiger partial charge in [-0.05, 0) is 6.42 Å². The van der Waals surface area contributed by atoms with Gasteiger partial charge in [0.05, 0.1) is 9.95 Å². The lowest BCUT2D eigenvalue weighted by Gasteiger charge is -2.16. The van der Waals surface area contributed by atoms with Crippen LogP contribution in [-0.2, 0) is 0 Å². The van der Waals surface area contributed by atoms with Crippen molar-refractivity contribution in [3.8, 4) is 0 Å². The maximum atomic E-state index is 10.8. The Labute approximate surface area is 104 Å². The Balaban J connectivity index is 2.92. The average molecular weight is 259 g/mol. The molecule has 0 aromatic carbocycles. The van der Waals surface area contributed by atoms with E-state index in [4.69, 9.17) is 17.3 Å². The number of nitrogens with zero attached hydrogens (tertiary/aromatic N) is 2. The second-order valence-corrected chi connectivity index (χ2v) is 4.08. The van der Waals surface area contributed by atoms with Crippen LogP contribution in [0, 0.1) is 10.1 Å². The molecule has 7 heteroatoms. The molecular weight excluding hydrogens is 244 g/mol. The van der Waals surface area contributed by atoms with E-state index in [0.717, 1.165) is 12.8 Å². The quantitative estimate of drug-likeness (QED) is 0.602. The standard InChI is InChI=1S/C10H15ClN4O2/c1-2-3-8(5-12)14-10-9(15(16)17)4-7(11)6-13-10/h4,6,8H,2-3,5,12H2,1H3,(H,13,14). The molecule has 1 aromatic rings. The normalized spacial score (nSPS) is 12.2. The molecule has 1 unspecified atom stereocenters. The van der Waals surface area contributed by atoms with Crippen molar-refractivity contribution in [3.63, 3.8) is 0 Å². The third kappa shape index (κ3) is 3.83. The maximum Gasteiger partial charge on any atom is 0.312 e. The van der Waals surface area contributed by atoms with Crippen LogP contribution in [-0.4, -0.2) is 22.5 Å². The molecule has 0 amide bonds. The zero-order valence-corrected chi connectivity index (χ0v) is 10.3. The Morgan fingerprint density at radius 3 is 2.94 bits per heavy atom. The fourth-order valence-electron chi connectivity index (χ4n) is 1.47. The minimum absolute atomic E-state index is 0.0209. The summed E-state index contributed by atoms with van der Waals surface area (Å²) in [7, 11) is 0. The molecule has 94 valence electrons. The van der Waals surface area contributed by atoms with Gasteiger partial charge in [0.25, 0.3) is 0 Å². The van der Waals surface area contributed by atoms with E-state index in [0.29, 0.717) is 6.54 Å². The fourth-order valence-corrected chi connectivity index (χ4v) is 1.62. The van der Waals surface area contributed by atoms with Gasteiger partial charge in [0.1, 0.15) is 0 Å². The number of hydrogen-bond donors (Lipinski definition) is 2. The van der Waals surface area contributed by atoms with Crippen LogP contribution >= 0.6 is 11.6 Å². The van der Waals surface area contributed by atoms with Gasteiger partial charge in [-0.1, -0.05) is 24.9 Å². The second kappa shape index (κ2) is 6.36. The van der Waals surface area contributed by atoms with Crippen molar-refractivity contribution in [2.45, 2.75) is 25.8 Å². The predicted octanol–water partition coefficient (Wildman–Crippen LogP) is 2.18. The summed E-state index contributed by atoms with van der Waals surface area (Å²) in [4.78, 5) is 14.3. The van der Waals surface area contributed by atoms with Crippen molar-refractivity contribution < 1.29 is 4.92 Å². The van der Waals surface area contributed by atoms with E-state index in [1.54, 1.807) is 0 Å². The molecule has 1 rings (SSSR count). The molecule has 0 aliphatic rings. The molecule has 3 N–H and O–H groups in total. The van der Waals surface area contributed by atoms with Crippen LogP contribution in [0.2, 0.25) is 5.02 Å². The van der Waals surface area contributed by atoms with Gasteiger partial charge in [0.15, 0.2) is 0 Å². The number of aromatic nitrogens is 1. The van der Waals surface area contributed by atoms with Crippen LogP contribution in [0.4, 0.5) is 11.5 Å². The number of nitrogens with two attached hydrogens (primary N) is 1. The van der Waals surface area contributed by atoms with Gasteiger partial charge in [-0.2, -0.15) is 0 Å². The maximum absolute atomic E-state index is 10.8. The first-order valence-electron chi connectivity index (χ1n) is 5.35. The Kier molecular flexibility index (Phi) is 5.11. The summed E-state index contributed by atoms with van der Waals surface area (Å²) < 4.78 is 0. The van der Waals surface area contributed by atoms with Crippen molar-refractivity contribution in [2.24, 2.45) is 5.73 Å². The van der Waals surface area contributed by atoms with Crippen LogP contribution in [0.25, 0.3) is 0 Å². The molecule has 6 nitrogen and oxygen atoms in total. The van der Waals surface area contributed by atoms with Crippen molar-refractivity contribution in [2.75, 3.05) is 11.9 Å². The molecule has 0 radical (unpaired) electrons. The highest BCUT2D eigenvalue weighted by Crippen LogP contribution is 2.25. The molecule has 0 fully saturated rings. The Hall–Kier alpha value is -1.40. The molecule has 0 saturated carbocycles. The van der Waals surface area contributed by atoms with Crippen LogP contribution in [0.5, 0.6) is 0 Å². The number of halogens is 1. The first kappa shape index (κ1) is 13.7. The zero-order chi connectivity index (χ0) is 12.8. The minimum Gasteiger partial charge on any atom is -0.360 e. The van der Waals surface area contributed by atoms with Gasteiger partial charge >= 0.3 is 5.69 Å². The molecule has 0 spiro atoms. The van der Waals surface area contributed by atoms with E-state index in [1.807, 2.05) is 6.92 Å². The highest BCUT2D eigenvalue weighted by molar-refractivity contribution is 6.30. The van der Waals surface area contributed by atoms with E-state index >= 15 is 0 Å². The molecule has 0 aliphatic heterocycles. The van der Waals surface area contributed by atoms with Crippen LogP contribution in [0.3, 0.4) is 0 Å². The molecule has 1 atom stereocenters. The average Bonchev–Trinajstić information content (AvgIpc) is 2.30. The molecule has 1 heterocycles. The van der Waals surface area contributed by atoms with Crippen molar-refractivity contribution >= 4 is 23.1 Å². The minimum atomic E-state index is -0.513. The van der Waals surface area contributed by atoms with Gasteiger partial charge < -0.3 is 11.1 Å². The lowest BCUT2D eigenvalue weighted by molar-refractivity contribution is -0.384. The number of nitrogens with one attached hydrogen (secondary N) is 1. The van der Waals surface area contributed by atoms with Gasteiger partial charge in [-0.15, -0.1) is 0 Å². The van der Waals surface area contributed by atoms with E-state index in [9.17, 15) is 10.1 Å². The van der Waals surface area contributed by atoms with E-state index < -0.39 is 4.92 Å². The number of anilines is 1. The first-order chi connectivity index (χ1) is 8.08. The summed E-state index contributed by atoms with van der Waals surface area (Å²) in [6, 6.07) is 1.25. The van der Waals surface area contributed by atoms with Crippen LogP contribution in [0.1, 0.15) is 19.8 Å². The van der Waals surface area contributed by atoms with E-state index in [2.05, 4.69) is 10.3 Å². The SMILES string of the molecule is CCCC(CN)Nc1ncc(Cl)cc1[N+](=O)[O-]. The zero-order valence-electron chi connectivity index (χ0n) is 9.52. The number of pyridine rings is 1. The Bertz CT molecular complexity index is 400. The topological polar surface area (TPSA) is 94.1 Å². The van der Waals surface area contributed by atoms with Gasteiger partial charge in [0, 0.05) is 24.8 Å². The lowest BCUT2D eigenvalue weighted by atomic mass is 10.1. The number of nitro groups is 1. The largest absolute Gasteiger partial charge is 0.360 e. The van der Waals surface area contributed by atoms with Gasteiger partial charge in [0.2, 0.25) is 5.82 Å². The summed E-state index contributed by atoms with van der Waals surface area (Å²) in [5.74, 6) is 0.211. The van der Waals surface area contributed by atoms with Crippen molar-refractivity contribution in [1.29, 1.82) is 0 Å². The van der Waals surface area contributed by atoms with Crippen molar-refractivity contribution in [3.05, 3.63) is 27.4 Å². The smallest absolute Gasteiger partial charge is 0.312 e. The molecule has 0 aliphatic carbocycles. The van der Waals surface area contributed by atoms with E-state index in [1.165, 1.54) is 12.3 Å². The lowest BCUT2D eigenvalue weighted by Crippen LogP contribution is -2.29. The predicted molar refractivity (Wildman–Crippen MR) is 67.3 cm³/mol. The summed E-state index contributed by atoms with van der Waals surface area (Å²) in [5, 5.41) is 14.0. The highest BCUT2D eigenvalue weighted by atomic mass is 35.5. The van der Waals surface area contributed by atoms with Gasteiger partial charge in [-0.25, -0.2) is 4.98 Å². The van der Waals surface area contributed by atoms with Crippen molar-refractivity contribution in [1.82, 2.24) is 4.98 Å². The van der Waals surface area contributed by atoms with Crippen LogP contribution in [0.15, 0.2) is 12.3 Å². The Morgan fingerprint density at radius 2 is 2.41 bits per heavy atom. The third-order valence-corrected chi connectivity index (χ3v) is 2.50. The first-order valence-corrected chi connectivity index (χ1v) is 5.72. The molecule has 1 aromatic heterocycles. The molecule has 17 heavy (non-hydrogen) atoms. The molecule has 0 bridgehead atoms. The summed E-state index contributed by atoms with van der Waals surface area (Å²) in [6.45, 7) is 2.42.